The Morgan fingerprint density at radius 2 is 2.00 bits per heavy atom. The zero-order chi connectivity index (χ0) is 13.2. The molecule has 0 bridgehead atoms. The van der Waals surface area contributed by atoms with Gasteiger partial charge in [-0.1, -0.05) is 46.9 Å². The average molecular weight is 303 g/mol. The van der Waals surface area contributed by atoms with E-state index in [1.165, 1.54) is 0 Å². The minimum absolute atomic E-state index is 0.395. The molecule has 0 atom stereocenters. The van der Waals surface area contributed by atoms with E-state index in [2.05, 4.69) is 11.1 Å². The Balaban J connectivity index is 2.48. The zero-order valence-electron chi connectivity index (χ0n) is 9.41. The molecule has 1 aromatic carbocycles. The van der Waals surface area contributed by atoms with Crippen molar-refractivity contribution >= 4 is 45.8 Å². The molecule has 2 rings (SSSR count). The van der Waals surface area contributed by atoms with Crippen molar-refractivity contribution in [1.29, 1.82) is 5.26 Å². The van der Waals surface area contributed by atoms with Crippen molar-refractivity contribution in [3.63, 3.8) is 0 Å². The fraction of sp³-hybridized carbons (Fsp3) is 0.333. The number of fused-ring (bicyclic) bond motifs is 1. The molecule has 3 nitrogen and oxygen atoms in total. The Labute approximate surface area is 120 Å². The highest BCUT2D eigenvalue weighted by atomic mass is 35.6. The van der Waals surface area contributed by atoms with Gasteiger partial charge in [0.1, 0.15) is 0 Å². The highest BCUT2D eigenvalue weighted by Crippen LogP contribution is 2.39. The van der Waals surface area contributed by atoms with Crippen LogP contribution in [0.25, 0.3) is 11.0 Å². The van der Waals surface area contributed by atoms with Crippen LogP contribution in [0.3, 0.4) is 0 Å². The van der Waals surface area contributed by atoms with E-state index in [0.717, 1.165) is 11.0 Å². The molecule has 0 radical (unpaired) electrons. The number of hydrogen-bond donors (Lipinski definition) is 0. The number of para-hydroxylation sites is 2. The minimum Gasteiger partial charge on any atom is -0.324 e. The molecule has 0 fully saturated rings. The van der Waals surface area contributed by atoms with Crippen LogP contribution in [-0.2, 0) is 10.3 Å². The second-order valence-corrected chi connectivity index (χ2v) is 6.12. The molecule has 2 aromatic rings. The van der Waals surface area contributed by atoms with Gasteiger partial charge in [0.25, 0.3) is 0 Å². The predicted molar refractivity (Wildman–Crippen MR) is 73.8 cm³/mol. The first-order chi connectivity index (χ1) is 8.54. The van der Waals surface area contributed by atoms with Gasteiger partial charge in [-0.15, -0.1) is 0 Å². The molecule has 18 heavy (non-hydrogen) atoms. The lowest BCUT2D eigenvalue weighted by molar-refractivity contribution is 0.640. The number of unbranched alkanes of at least 4 members (excludes halogenated alkanes) is 1. The van der Waals surface area contributed by atoms with Gasteiger partial charge >= 0.3 is 0 Å². The lowest BCUT2D eigenvalue weighted by Gasteiger charge is -2.13. The van der Waals surface area contributed by atoms with Crippen LogP contribution in [0, 0.1) is 11.3 Å². The maximum absolute atomic E-state index is 8.58. The van der Waals surface area contributed by atoms with E-state index in [1.807, 2.05) is 28.8 Å². The molecule has 0 saturated heterocycles. The Bertz CT molecular complexity index is 593. The molecule has 0 saturated carbocycles. The molecule has 0 aliphatic heterocycles. The van der Waals surface area contributed by atoms with Crippen molar-refractivity contribution in [3.8, 4) is 6.07 Å². The molecule has 0 unspecified atom stereocenters. The van der Waals surface area contributed by atoms with Crippen LogP contribution in [0.1, 0.15) is 18.7 Å². The standard InChI is InChI=1S/C12H10Cl3N3/c13-12(14,15)11-17-9-5-1-2-6-10(9)18(11)8-4-3-7-16/h1-2,5-6H,3-4,8H2. The van der Waals surface area contributed by atoms with E-state index < -0.39 is 3.79 Å². The third-order valence-corrected chi connectivity index (χ3v) is 3.09. The van der Waals surface area contributed by atoms with Gasteiger partial charge in [0.05, 0.1) is 17.1 Å². The number of nitriles is 1. The SMILES string of the molecule is N#CCCCn1c(C(Cl)(Cl)Cl)nc2ccccc21. The van der Waals surface area contributed by atoms with E-state index in [-0.39, 0.29) is 0 Å². The van der Waals surface area contributed by atoms with Crippen molar-refractivity contribution < 1.29 is 0 Å². The largest absolute Gasteiger partial charge is 0.324 e. The number of halogens is 3. The van der Waals surface area contributed by atoms with Gasteiger partial charge in [-0.2, -0.15) is 5.26 Å². The molecule has 1 heterocycles. The van der Waals surface area contributed by atoms with Gasteiger partial charge in [-0.25, -0.2) is 4.98 Å². The summed E-state index contributed by atoms with van der Waals surface area (Å²) >= 11 is 17.8. The fourth-order valence-corrected chi connectivity index (χ4v) is 2.27. The Morgan fingerprint density at radius 1 is 1.28 bits per heavy atom. The number of imidazole rings is 1. The first kappa shape index (κ1) is 13.5. The lowest BCUT2D eigenvalue weighted by atomic mass is 10.3. The van der Waals surface area contributed by atoms with Crippen molar-refractivity contribution in [2.45, 2.75) is 23.2 Å². The quantitative estimate of drug-likeness (QED) is 0.631. The van der Waals surface area contributed by atoms with Crippen molar-refractivity contribution in [2.75, 3.05) is 0 Å². The second-order valence-electron chi connectivity index (χ2n) is 3.84. The molecule has 0 aliphatic rings. The molecular formula is C12H10Cl3N3. The van der Waals surface area contributed by atoms with Crippen LogP contribution in [0.2, 0.25) is 0 Å². The summed E-state index contributed by atoms with van der Waals surface area (Å²) in [4.78, 5) is 4.35. The molecule has 0 N–H and O–H groups in total. The highest BCUT2D eigenvalue weighted by molar-refractivity contribution is 6.66. The average Bonchev–Trinajstić information content (AvgIpc) is 2.69. The number of nitrogens with zero attached hydrogens (tertiary/aromatic N) is 3. The van der Waals surface area contributed by atoms with E-state index >= 15 is 0 Å². The maximum Gasteiger partial charge on any atom is 0.248 e. The summed E-state index contributed by atoms with van der Waals surface area (Å²) in [6, 6.07) is 9.70. The van der Waals surface area contributed by atoms with E-state index in [9.17, 15) is 0 Å². The Morgan fingerprint density at radius 3 is 2.67 bits per heavy atom. The smallest absolute Gasteiger partial charge is 0.248 e. The number of aryl methyl sites for hydroxylation is 1. The zero-order valence-corrected chi connectivity index (χ0v) is 11.7. The van der Waals surface area contributed by atoms with Crippen molar-refractivity contribution in [2.24, 2.45) is 0 Å². The summed E-state index contributed by atoms with van der Waals surface area (Å²) in [6.07, 6.45) is 1.16. The number of hydrogen-bond acceptors (Lipinski definition) is 2. The third kappa shape index (κ3) is 2.72. The Kier molecular flexibility index (Phi) is 4.01. The number of rotatable bonds is 3. The van der Waals surface area contributed by atoms with Crippen LogP contribution >= 0.6 is 34.8 Å². The van der Waals surface area contributed by atoms with Crippen LogP contribution in [0.15, 0.2) is 24.3 Å². The van der Waals surface area contributed by atoms with Gasteiger partial charge in [0, 0.05) is 13.0 Å². The molecule has 0 amide bonds. The van der Waals surface area contributed by atoms with Crippen LogP contribution < -0.4 is 0 Å². The predicted octanol–water partition coefficient (Wildman–Crippen LogP) is 4.17. The lowest BCUT2D eigenvalue weighted by Crippen LogP contribution is -2.12. The third-order valence-electron chi connectivity index (χ3n) is 2.58. The van der Waals surface area contributed by atoms with E-state index in [4.69, 9.17) is 40.1 Å². The Hall–Kier alpha value is -0.950. The van der Waals surface area contributed by atoms with Crippen LogP contribution in [-0.4, -0.2) is 9.55 Å². The highest BCUT2D eigenvalue weighted by Gasteiger charge is 2.30. The molecule has 0 aliphatic carbocycles. The monoisotopic (exact) mass is 301 g/mol. The molecular weight excluding hydrogens is 293 g/mol. The summed E-state index contributed by atoms with van der Waals surface area (Å²) in [5.74, 6) is 0.395. The van der Waals surface area contributed by atoms with Gasteiger partial charge < -0.3 is 4.57 Å². The maximum atomic E-state index is 8.58. The van der Waals surface area contributed by atoms with Crippen LogP contribution in [0.4, 0.5) is 0 Å². The van der Waals surface area contributed by atoms with Gasteiger partial charge in [0.15, 0.2) is 5.82 Å². The van der Waals surface area contributed by atoms with Gasteiger partial charge in [-0.3, -0.25) is 0 Å². The normalized spacial score (nSPS) is 11.7. The summed E-state index contributed by atoms with van der Waals surface area (Å²) < 4.78 is 0.297. The van der Waals surface area contributed by atoms with E-state index in [0.29, 0.717) is 25.2 Å². The summed E-state index contributed by atoms with van der Waals surface area (Å²) in [6.45, 7) is 0.608. The van der Waals surface area contributed by atoms with Crippen molar-refractivity contribution in [3.05, 3.63) is 30.1 Å². The fourth-order valence-electron chi connectivity index (χ4n) is 1.83. The van der Waals surface area contributed by atoms with Gasteiger partial charge in [-0.05, 0) is 18.6 Å². The summed E-state index contributed by atoms with van der Waals surface area (Å²) in [5.41, 5.74) is 1.70. The summed E-state index contributed by atoms with van der Waals surface area (Å²) in [7, 11) is 0. The second kappa shape index (κ2) is 5.36. The van der Waals surface area contributed by atoms with Gasteiger partial charge in [0.2, 0.25) is 3.79 Å². The van der Waals surface area contributed by atoms with Crippen molar-refractivity contribution in [1.82, 2.24) is 9.55 Å². The molecule has 94 valence electrons. The van der Waals surface area contributed by atoms with E-state index in [1.54, 1.807) is 0 Å². The number of alkyl halides is 3. The molecule has 6 heteroatoms. The minimum atomic E-state index is -1.56. The first-order valence-corrected chi connectivity index (χ1v) is 6.57. The number of aromatic nitrogens is 2. The molecule has 0 spiro atoms. The topological polar surface area (TPSA) is 41.6 Å². The summed E-state index contributed by atoms with van der Waals surface area (Å²) in [5, 5.41) is 8.58. The van der Waals surface area contributed by atoms with Crippen LogP contribution in [0.5, 0.6) is 0 Å². The number of benzene rings is 1. The first-order valence-electron chi connectivity index (χ1n) is 5.43. The molecule has 1 aromatic heterocycles.